The second kappa shape index (κ2) is 9.74. The van der Waals surface area contributed by atoms with E-state index in [2.05, 4.69) is 107 Å². The molecule has 0 bridgehead atoms. The van der Waals surface area contributed by atoms with Crippen LogP contribution in [0.4, 0.5) is 0 Å². The third-order valence-corrected chi connectivity index (χ3v) is 9.92. The molecule has 0 N–H and O–H groups in total. The summed E-state index contributed by atoms with van der Waals surface area (Å²) in [5.74, 6) is 0. The Morgan fingerprint density at radius 2 is 0.917 bits per heavy atom. The van der Waals surface area contributed by atoms with E-state index in [-0.39, 0.29) is 6.61 Å². The summed E-state index contributed by atoms with van der Waals surface area (Å²) in [7, 11) is -1.62. The molecule has 0 saturated heterocycles. The van der Waals surface area contributed by atoms with Gasteiger partial charge in [0.1, 0.15) is 28.2 Å². The molecule has 124 valence electrons. The maximum atomic E-state index is 8.93. The van der Waals surface area contributed by atoms with E-state index < -0.39 is 7.26 Å². The normalized spacial score (nSPS) is 10.6. The van der Waals surface area contributed by atoms with Crippen molar-refractivity contribution < 1.29 is 5.11 Å². The summed E-state index contributed by atoms with van der Waals surface area (Å²) in [5.41, 5.74) is 0. The van der Waals surface area contributed by atoms with Gasteiger partial charge in [0.25, 0.3) is 0 Å². The summed E-state index contributed by atoms with van der Waals surface area (Å²) in [6, 6.07) is 32.6. The van der Waals surface area contributed by atoms with E-state index >= 15 is 0 Å². The van der Waals surface area contributed by atoms with E-state index in [9.17, 15) is 0 Å². The Labute approximate surface area is 153 Å². The lowest BCUT2D eigenvalue weighted by molar-refractivity contribution is -0.361. The van der Waals surface area contributed by atoms with Crippen molar-refractivity contribution in [3.63, 3.8) is 0 Å². The number of alkyl halides is 1. The zero-order valence-electron chi connectivity index (χ0n) is 13.8. The highest BCUT2D eigenvalue weighted by Crippen LogP contribution is 2.56. The largest absolute Gasteiger partial charge is 0.855 e. The zero-order chi connectivity index (χ0) is 17.3. The van der Waals surface area contributed by atoms with E-state index in [0.29, 0.717) is 0 Å². The maximum absolute atomic E-state index is 8.93. The number of hydrogen-bond acceptors (Lipinski definition) is 1. The van der Waals surface area contributed by atoms with Gasteiger partial charge < -0.3 is 5.11 Å². The van der Waals surface area contributed by atoms with E-state index in [0.717, 1.165) is 5.07 Å². The van der Waals surface area contributed by atoms with Crippen LogP contribution in [-0.4, -0.2) is 11.7 Å². The maximum Gasteiger partial charge on any atom is 0.127 e. The van der Waals surface area contributed by atoms with E-state index in [4.69, 9.17) is 5.11 Å². The van der Waals surface area contributed by atoms with Crippen molar-refractivity contribution in [3.05, 3.63) is 91.0 Å². The van der Waals surface area contributed by atoms with Gasteiger partial charge in [-0.05, 0) is 52.3 Å². The van der Waals surface area contributed by atoms with Crippen molar-refractivity contribution in [2.24, 2.45) is 0 Å². The van der Waals surface area contributed by atoms with Gasteiger partial charge in [0.05, 0.1) is 0 Å². The van der Waals surface area contributed by atoms with Crippen LogP contribution in [0.15, 0.2) is 91.0 Å². The summed E-state index contributed by atoms with van der Waals surface area (Å²) in [6.07, 6.45) is 0. The first kappa shape index (κ1) is 18.9. The minimum absolute atomic E-state index is 0. The van der Waals surface area contributed by atoms with Crippen LogP contribution in [0.1, 0.15) is 6.92 Å². The Morgan fingerprint density at radius 1 is 0.667 bits per heavy atom. The number of benzene rings is 3. The molecule has 0 amide bonds. The van der Waals surface area contributed by atoms with Gasteiger partial charge in [-0.2, -0.15) is 0 Å². The molecule has 0 aromatic heterocycles. The van der Waals surface area contributed by atoms with Crippen molar-refractivity contribution in [1.82, 2.24) is 0 Å². The van der Waals surface area contributed by atoms with Crippen LogP contribution in [0.5, 0.6) is 0 Å². The minimum atomic E-state index is -1.62. The molecule has 0 heterocycles. The summed E-state index contributed by atoms with van der Waals surface area (Å²) in [6.45, 7) is 1.57. The van der Waals surface area contributed by atoms with Crippen LogP contribution in [0.25, 0.3) is 0 Å². The fourth-order valence-electron chi connectivity index (χ4n) is 2.70. The molecule has 3 aromatic carbocycles. The molecule has 0 fully saturated rings. The fraction of sp³-hybridized carbons (Fsp3) is 0.143. The van der Waals surface area contributed by atoms with E-state index in [1.165, 1.54) is 15.9 Å². The monoisotopic (exact) mass is 400 g/mol. The molecule has 3 rings (SSSR count). The molecule has 0 atom stereocenters. The Hall–Kier alpha value is -1.47. The van der Waals surface area contributed by atoms with Gasteiger partial charge in [0.15, 0.2) is 0 Å². The van der Waals surface area contributed by atoms with E-state index in [1.807, 2.05) is 0 Å². The summed E-state index contributed by atoms with van der Waals surface area (Å²) in [4.78, 5) is 0. The topological polar surface area (TPSA) is 23.1 Å². The van der Waals surface area contributed by atoms with Gasteiger partial charge >= 0.3 is 0 Å². The number of halogens is 1. The highest BCUT2D eigenvalue weighted by molar-refractivity contribution is 9.10. The molecule has 0 aliphatic rings. The van der Waals surface area contributed by atoms with Crippen LogP contribution in [0, 0.1) is 0 Å². The smallest absolute Gasteiger partial charge is 0.127 e. The van der Waals surface area contributed by atoms with Crippen LogP contribution < -0.4 is 21.0 Å². The molecular formula is C21H22BrOP. The van der Waals surface area contributed by atoms with Crippen molar-refractivity contribution in [2.75, 3.05) is 11.7 Å². The van der Waals surface area contributed by atoms with Crippen LogP contribution >= 0.6 is 23.2 Å². The molecule has 0 aliphatic heterocycles. The average molecular weight is 401 g/mol. The number of rotatable bonds is 4. The second-order valence-electron chi connectivity index (χ2n) is 5.22. The Balaban J connectivity index is 0.000000647. The standard InChI is InChI=1S/C19H17BrP.C2H5O/c20-16-21(17-10-4-1-5-11-17,18-12-6-2-7-13-18)19-14-8-3-9-15-19;1-2-3/h1-15H,16H2;2H2,1H3/q+1;-1. The second-order valence-corrected chi connectivity index (χ2v) is 10.1. The van der Waals surface area contributed by atoms with Crippen molar-refractivity contribution in [2.45, 2.75) is 6.92 Å². The first-order valence-electron chi connectivity index (χ1n) is 7.98. The van der Waals surface area contributed by atoms with E-state index in [1.54, 1.807) is 6.92 Å². The van der Waals surface area contributed by atoms with Crippen molar-refractivity contribution >= 4 is 39.1 Å². The van der Waals surface area contributed by atoms with Gasteiger partial charge in [-0.3, -0.25) is 0 Å². The summed E-state index contributed by atoms with van der Waals surface area (Å²) < 4.78 is 0. The molecule has 0 aliphatic carbocycles. The Kier molecular flexibility index (Phi) is 7.65. The predicted octanol–water partition coefficient (Wildman–Crippen LogP) is 3.70. The molecule has 0 saturated carbocycles. The lowest BCUT2D eigenvalue weighted by Crippen LogP contribution is -2.31. The highest BCUT2D eigenvalue weighted by Gasteiger charge is 2.44. The van der Waals surface area contributed by atoms with Gasteiger partial charge in [-0.1, -0.05) is 61.5 Å². The quantitative estimate of drug-likeness (QED) is 0.483. The molecule has 3 aromatic rings. The van der Waals surface area contributed by atoms with Crippen LogP contribution in [0.2, 0.25) is 0 Å². The molecule has 0 unspecified atom stereocenters. The summed E-state index contributed by atoms with van der Waals surface area (Å²) >= 11 is 3.83. The van der Waals surface area contributed by atoms with Gasteiger partial charge in [0, 0.05) is 0 Å². The zero-order valence-corrected chi connectivity index (χ0v) is 16.3. The molecule has 0 radical (unpaired) electrons. The fourth-order valence-corrected chi connectivity index (χ4v) is 8.66. The molecular weight excluding hydrogens is 379 g/mol. The van der Waals surface area contributed by atoms with Gasteiger partial charge in [-0.15, -0.1) is 6.61 Å². The van der Waals surface area contributed by atoms with Crippen LogP contribution in [0.3, 0.4) is 0 Å². The molecule has 24 heavy (non-hydrogen) atoms. The SMILES string of the molecule is BrC[P+](c1ccccc1)(c1ccccc1)c1ccccc1.CC[O-]. The Morgan fingerprint density at radius 3 is 1.12 bits per heavy atom. The third kappa shape index (κ3) is 4.13. The molecule has 3 heteroatoms. The van der Waals surface area contributed by atoms with Crippen LogP contribution in [-0.2, 0) is 0 Å². The summed E-state index contributed by atoms with van der Waals surface area (Å²) in [5, 5.41) is 14.1. The lowest BCUT2D eigenvalue weighted by atomic mass is 10.4. The van der Waals surface area contributed by atoms with Crippen molar-refractivity contribution in [1.29, 1.82) is 0 Å². The van der Waals surface area contributed by atoms with Gasteiger partial charge in [0.2, 0.25) is 0 Å². The minimum Gasteiger partial charge on any atom is -0.855 e. The third-order valence-electron chi connectivity index (χ3n) is 3.77. The lowest BCUT2D eigenvalue weighted by Gasteiger charge is -2.25. The highest BCUT2D eigenvalue weighted by atomic mass is 79.9. The predicted molar refractivity (Wildman–Crippen MR) is 109 cm³/mol. The molecule has 0 spiro atoms. The van der Waals surface area contributed by atoms with Crippen molar-refractivity contribution in [3.8, 4) is 0 Å². The Bertz CT molecular complexity index is 605. The molecule has 1 nitrogen and oxygen atoms in total. The first-order valence-corrected chi connectivity index (χ1v) is 11.1. The number of hydrogen-bond donors (Lipinski definition) is 0. The first-order chi connectivity index (χ1) is 11.8. The van der Waals surface area contributed by atoms with Gasteiger partial charge in [-0.25, -0.2) is 0 Å². The average Bonchev–Trinajstić information content (AvgIpc) is 2.66.